The van der Waals surface area contributed by atoms with E-state index in [2.05, 4.69) is 5.32 Å². The molecule has 0 heterocycles. The van der Waals surface area contributed by atoms with Gasteiger partial charge in [0.1, 0.15) is 11.6 Å². The van der Waals surface area contributed by atoms with E-state index in [9.17, 15) is 18.7 Å². The summed E-state index contributed by atoms with van der Waals surface area (Å²) in [4.78, 5) is 13.1. The number of amides is 1. The number of halogens is 2. The molecule has 3 aromatic carbocycles. The summed E-state index contributed by atoms with van der Waals surface area (Å²) in [6.07, 6.45) is 2.21. The van der Waals surface area contributed by atoms with Gasteiger partial charge in [-0.05, 0) is 77.4 Å². The molecule has 0 spiro atoms. The van der Waals surface area contributed by atoms with E-state index >= 15 is 0 Å². The van der Waals surface area contributed by atoms with Crippen molar-refractivity contribution in [3.05, 3.63) is 82.9 Å². The summed E-state index contributed by atoms with van der Waals surface area (Å²) in [5, 5.41) is 12.5. The normalized spacial score (nSPS) is 13.0. The smallest absolute Gasteiger partial charge is 0.255 e. The largest absolute Gasteiger partial charge is 0.494 e. The first-order chi connectivity index (χ1) is 16.0. The SMILES string of the molecule is COc1ccc(CNC(=O)c2cc(-c3cc(F)ccc3CO)ccc2OCC2CC2)cc1F. The van der Waals surface area contributed by atoms with Gasteiger partial charge in [0.15, 0.2) is 11.6 Å². The highest BCUT2D eigenvalue weighted by molar-refractivity contribution is 5.98. The summed E-state index contributed by atoms with van der Waals surface area (Å²) in [5.74, 6) is -0.312. The minimum atomic E-state index is -0.512. The highest BCUT2D eigenvalue weighted by atomic mass is 19.1. The van der Waals surface area contributed by atoms with E-state index in [4.69, 9.17) is 9.47 Å². The second-order valence-electron chi connectivity index (χ2n) is 8.08. The van der Waals surface area contributed by atoms with Crippen molar-refractivity contribution in [1.82, 2.24) is 5.32 Å². The predicted octanol–water partition coefficient (Wildman–Crippen LogP) is 4.85. The number of hydrogen-bond donors (Lipinski definition) is 2. The number of carbonyl (C=O) groups is 1. The lowest BCUT2D eigenvalue weighted by Gasteiger charge is -2.15. The molecular formula is C26H25F2NO4. The summed E-state index contributed by atoms with van der Waals surface area (Å²) < 4.78 is 38.7. The first-order valence-corrected chi connectivity index (χ1v) is 10.8. The minimum Gasteiger partial charge on any atom is -0.494 e. The van der Waals surface area contributed by atoms with Crippen LogP contribution >= 0.6 is 0 Å². The maximum atomic E-state index is 14.0. The Labute approximate surface area is 191 Å². The molecule has 1 fully saturated rings. The number of carbonyl (C=O) groups excluding carboxylic acids is 1. The molecule has 4 rings (SSSR count). The molecule has 1 aliphatic carbocycles. The maximum Gasteiger partial charge on any atom is 0.255 e. The van der Waals surface area contributed by atoms with Crippen LogP contribution in [0, 0.1) is 17.6 Å². The second kappa shape index (κ2) is 10.0. The molecule has 1 aliphatic rings. The predicted molar refractivity (Wildman–Crippen MR) is 120 cm³/mol. The van der Waals surface area contributed by atoms with Crippen LogP contribution < -0.4 is 14.8 Å². The van der Waals surface area contributed by atoms with Gasteiger partial charge in [-0.1, -0.05) is 18.2 Å². The van der Waals surface area contributed by atoms with Gasteiger partial charge in [-0.2, -0.15) is 0 Å². The molecule has 0 saturated heterocycles. The molecule has 3 aromatic rings. The molecule has 1 saturated carbocycles. The fraction of sp³-hybridized carbons (Fsp3) is 0.269. The average Bonchev–Trinajstić information content (AvgIpc) is 3.66. The second-order valence-corrected chi connectivity index (χ2v) is 8.08. The third kappa shape index (κ3) is 5.49. The quantitative estimate of drug-likeness (QED) is 0.486. The molecule has 7 heteroatoms. The third-order valence-electron chi connectivity index (χ3n) is 5.62. The first-order valence-electron chi connectivity index (χ1n) is 10.8. The lowest BCUT2D eigenvalue weighted by Crippen LogP contribution is -2.24. The maximum absolute atomic E-state index is 14.0. The van der Waals surface area contributed by atoms with E-state index in [-0.39, 0.29) is 24.5 Å². The molecule has 0 bridgehead atoms. The summed E-state index contributed by atoms with van der Waals surface area (Å²) >= 11 is 0. The lowest BCUT2D eigenvalue weighted by atomic mass is 9.97. The average molecular weight is 453 g/mol. The number of methoxy groups -OCH3 is 1. The van der Waals surface area contributed by atoms with Gasteiger partial charge in [-0.3, -0.25) is 4.79 Å². The summed E-state index contributed by atoms with van der Waals surface area (Å²) in [5.41, 5.74) is 2.49. The van der Waals surface area contributed by atoms with Crippen molar-refractivity contribution < 1.29 is 28.2 Å². The van der Waals surface area contributed by atoms with Crippen LogP contribution in [0.25, 0.3) is 11.1 Å². The zero-order valence-electron chi connectivity index (χ0n) is 18.2. The van der Waals surface area contributed by atoms with Crippen molar-refractivity contribution >= 4 is 5.91 Å². The van der Waals surface area contributed by atoms with E-state index < -0.39 is 17.5 Å². The Kier molecular flexibility index (Phi) is 6.89. The van der Waals surface area contributed by atoms with Crippen molar-refractivity contribution in [2.45, 2.75) is 26.0 Å². The van der Waals surface area contributed by atoms with E-state index in [1.165, 1.54) is 37.4 Å². The van der Waals surface area contributed by atoms with Crippen molar-refractivity contribution in [2.75, 3.05) is 13.7 Å². The van der Waals surface area contributed by atoms with Gasteiger partial charge in [0, 0.05) is 6.54 Å². The zero-order chi connectivity index (χ0) is 23.4. The number of aliphatic hydroxyl groups excluding tert-OH is 1. The van der Waals surface area contributed by atoms with Gasteiger partial charge in [0.05, 0.1) is 25.9 Å². The summed E-state index contributed by atoms with van der Waals surface area (Å²) in [6.45, 7) is 0.360. The molecule has 0 unspecified atom stereocenters. The van der Waals surface area contributed by atoms with Gasteiger partial charge in [-0.15, -0.1) is 0 Å². The standard InChI is InChI=1S/C26H25F2NO4/c1-32-25-8-4-17(10-23(25)28)13-29-26(31)22-11-18(6-9-24(22)33-15-16-2-3-16)21-12-20(27)7-5-19(21)14-30/h4-12,16,30H,2-3,13-15H2,1H3,(H,29,31). The van der Waals surface area contributed by atoms with Gasteiger partial charge in [-0.25, -0.2) is 8.78 Å². The van der Waals surface area contributed by atoms with Gasteiger partial charge >= 0.3 is 0 Å². The number of benzene rings is 3. The van der Waals surface area contributed by atoms with Crippen molar-refractivity contribution in [3.63, 3.8) is 0 Å². The lowest BCUT2D eigenvalue weighted by molar-refractivity contribution is 0.0946. The van der Waals surface area contributed by atoms with E-state index in [1.807, 2.05) is 0 Å². The van der Waals surface area contributed by atoms with Crippen LogP contribution in [-0.4, -0.2) is 24.7 Å². The van der Waals surface area contributed by atoms with Crippen LogP contribution in [0.2, 0.25) is 0 Å². The number of ether oxygens (including phenoxy) is 2. The fourth-order valence-electron chi connectivity index (χ4n) is 3.55. The third-order valence-corrected chi connectivity index (χ3v) is 5.62. The van der Waals surface area contributed by atoms with Crippen molar-refractivity contribution in [1.29, 1.82) is 0 Å². The Bertz CT molecular complexity index is 1160. The number of rotatable bonds is 9. The first kappa shape index (κ1) is 22.7. The molecule has 1 amide bonds. The van der Waals surface area contributed by atoms with Crippen LogP contribution in [0.3, 0.4) is 0 Å². The molecular weight excluding hydrogens is 428 g/mol. The van der Waals surface area contributed by atoms with Crippen LogP contribution in [0.1, 0.15) is 34.3 Å². The molecule has 0 aliphatic heterocycles. The summed E-state index contributed by atoms with van der Waals surface area (Å²) in [7, 11) is 1.39. The Hall–Kier alpha value is -3.45. The number of hydrogen-bond acceptors (Lipinski definition) is 4. The van der Waals surface area contributed by atoms with E-state index in [1.54, 1.807) is 24.3 Å². The number of aliphatic hydroxyl groups is 1. The monoisotopic (exact) mass is 453 g/mol. The highest BCUT2D eigenvalue weighted by Crippen LogP contribution is 2.33. The Morgan fingerprint density at radius 3 is 2.55 bits per heavy atom. The fourth-order valence-corrected chi connectivity index (χ4v) is 3.55. The molecule has 0 atom stereocenters. The van der Waals surface area contributed by atoms with Crippen molar-refractivity contribution in [2.24, 2.45) is 5.92 Å². The van der Waals surface area contributed by atoms with Crippen LogP contribution in [0.5, 0.6) is 11.5 Å². The molecule has 5 nitrogen and oxygen atoms in total. The molecule has 0 radical (unpaired) electrons. The van der Waals surface area contributed by atoms with Crippen molar-refractivity contribution in [3.8, 4) is 22.6 Å². The molecule has 0 aromatic heterocycles. The Morgan fingerprint density at radius 1 is 1.06 bits per heavy atom. The Morgan fingerprint density at radius 2 is 1.85 bits per heavy atom. The van der Waals surface area contributed by atoms with Crippen LogP contribution in [0.15, 0.2) is 54.6 Å². The zero-order valence-corrected chi connectivity index (χ0v) is 18.2. The Balaban J connectivity index is 1.60. The number of nitrogens with one attached hydrogen (secondary N) is 1. The highest BCUT2D eigenvalue weighted by Gasteiger charge is 2.23. The van der Waals surface area contributed by atoms with E-state index in [0.29, 0.717) is 40.5 Å². The molecule has 2 N–H and O–H groups in total. The van der Waals surface area contributed by atoms with Gasteiger partial charge in [0.25, 0.3) is 5.91 Å². The summed E-state index contributed by atoms with van der Waals surface area (Å²) in [6, 6.07) is 13.7. The van der Waals surface area contributed by atoms with E-state index in [0.717, 1.165) is 12.8 Å². The van der Waals surface area contributed by atoms with Gasteiger partial charge < -0.3 is 19.9 Å². The topological polar surface area (TPSA) is 67.8 Å². The minimum absolute atomic E-state index is 0.105. The van der Waals surface area contributed by atoms with Crippen LogP contribution in [-0.2, 0) is 13.2 Å². The molecule has 172 valence electrons. The van der Waals surface area contributed by atoms with Crippen LogP contribution in [0.4, 0.5) is 8.78 Å². The van der Waals surface area contributed by atoms with Gasteiger partial charge in [0.2, 0.25) is 0 Å². The molecule has 33 heavy (non-hydrogen) atoms.